The number of nitrogen functional groups attached to an aromatic ring is 1. The van der Waals surface area contributed by atoms with Gasteiger partial charge in [-0.15, -0.1) is 0 Å². The van der Waals surface area contributed by atoms with Crippen molar-refractivity contribution >= 4 is 45.0 Å². The Morgan fingerprint density at radius 1 is 1.10 bits per heavy atom. The van der Waals surface area contributed by atoms with Crippen molar-refractivity contribution in [2.24, 2.45) is 0 Å². The highest BCUT2D eigenvalue weighted by molar-refractivity contribution is 9.10. The lowest BCUT2D eigenvalue weighted by molar-refractivity contribution is 0.439. The largest absolute Gasteiger partial charge is 0.457 e. The maximum Gasteiger partial charge on any atom is 0.230 e. The molecule has 0 aliphatic heterocycles. The van der Waals surface area contributed by atoms with Gasteiger partial charge in [-0.3, -0.25) is 0 Å². The third-order valence-corrected chi connectivity index (χ3v) is 4.05. The van der Waals surface area contributed by atoms with Gasteiger partial charge in [-0.05, 0) is 34.1 Å². The number of halogens is 3. The fraction of sp³-hybridized carbons (Fsp3) is 0. The molecule has 0 spiro atoms. The lowest BCUT2D eigenvalue weighted by atomic mass is 10.0. The molecule has 2 heterocycles. The fourth-order valence-electron chi connectivity index (χ4n) is 1.93. The minimum absolute atomic E-state index is 0.142. The monoisotopic (exact) mass is 372 g/mol. The first-order valence-electron chi connectivity index (χ1n) is 5.52. The van der Waals surface area contributed by atoms with Gasteiger partial charge in [-0.25, -0.2) is 0 Å². The van der Waals surface area contributed by atoms with E-state index in [1.807, 2.05) is 0 Å². The topological polar surface area (TPSA) is 65.2 Å². The molecule has 0 saturated heterocycles. The summed E-state index contributed by atoms with van der Waals surface area (Å²) in [5.41, 5.74) is 8.22. The minimum Gasteiger partial charge on any atom is -0.457 e. The minimum atomic E-state index is 0.142. The van der Waals surface area contributed by atoms with E-state index in [2.05, 4.69) is 21.1 Å². The van der Waals surface area contributed by atoms with Gasteiger partial charge in [0.1, 0.15) is 5.69 Å². The zero-order valence-corrected chi connectivity index (χ0v) is 13.0. The Balaban J connectivity index is 2.31. The number of hydrogen-bond donors (Lipinski definition) is 1. The highest BCUT2D eigenvalue weighted by atomic mass is 79.9. The van der Waals surface area contributed by atoms with E-state index >= 15 is 0 Å². The number of anilines is 1. The van der Waals surface area contributed by atoms with Crippen molar-refractivity contribution in [2.45, 2.75) is 0 Å². The SMILES string of the molecule is Nc1onc(-c2ccoc2Br)c1-c1c(Cl)cccc1Cl. The van der Waals surface area contributed by atoms with Crippen LogP contribution < -0.4 is 5.73 Å². The molecule has 0 aliphatic carbocycles. The zero-order chi connectivity index (χ0) is 14.3. The average molecular weight is 374 g/mol. The molecule has 102 valence electrons. The molecule has 0 bridgehead atoms. The summed E-state index contributed by atoms with van der Waals surface area (Å²) in [6, 6.07) is 6.95. The van der Waals surface area contributed by atoms with Gasteiger partial charge in [-0.2, -0.15) is 0 Å². The van der Waals surface area contributed by atoms with Crippen LogP contribution in [0, 0.1) is 0 Å². The Kier molecular flexibility index (Phi) is 3.50. The zero-order valence-electron chi connectivity index (χ0n) is 9.86. The lowest BCUT2D eigenvalue weighted by Gasteiger charge is -2.06. The van der Waals surface area contributed by atoms with Gasteiger partial charge in [0, 0.05) is 5.56 Å². The van der Waals surface area contributed by atoms with Crippen LogP contribution in [0.5, 0.6) is 0 Å². The summed E-state index contributed by atoms with van der Waals surface area (Å²) in [6.07, 6.45) is 1.53. The van der Waals surface area contributed by atoms with Crippen molar-refractivity contribution in [3.8, 4) is 22.4 Å². The summed E-state index contributed by atoms with van der Waals surface area (Å²) < 4.78 is 10.8. The van der Waals surface area contributed by atoms with Gasteiger partial charge in [-0.1, -0.05) is 34.4 Å². The molecule has 4 nitrogen and oxygen atoms in total. The van der Waals surface area contributed by atoms with Crippen molar-refractivity contribution in [2.75, 3.05) is 5.73 Å². The number of furan rings is 1. The normalized spacial score (nSPS) is 10.9. The molecule has 0 radical (unpaired) electrons. The van der Waals surface area contributed by atoms with Crippen LogP contribution >= 0.6 is 39.1 Å². The van der Waals surface area contributed by atoms with Gasteiger partial charge < -0.3 is 14.7 Å². The van der Waals surface area contributed by atoms with Crippen LogP contribution in [0.4, 0.5) is 5.88 Å². The standard InChI is InChI=1S/C13H7BrCl2N2O2/c14-12-6(4-5-19-12)11-10(13(17)20-18-11)9-7(15)2-1-3-8(9)16/h1-5H,17H2. The Labute approximate surface area is 132 Å². The third kappa shape index (κ3) is 2.12. The van der Waals surface area contributed by atoms with Crippen molar-refractivity contribution in [1.29, 1.82) is 0 Å². The number of rotatable bonds is 2. The Hall–Kier alpha value is -1.43. The van der Waals surface area contributed by atoms with Gasteiger partial charge in [0.25, 0.3) is 0 Å². The molecule has 7 heteroatoms. The summed E-state index contributed by atoms with van der Waals surface area (Å²) >= 11 is 15.7. The summed E-state index contributed by atoms with van der Waals surface area (Å²) in [7, 11) is 0. The van der Waals surface area contributed by atoms with E-state index in [9.17, 15) is 0 Å². The first-order valence-corrected chi connectivity index (χ1v) is 7.07. The van der Waals surface area contributed by atoms with E-state index in [0.29, 0.717) is 37.1 Å². The van der Waals surface area contributed by atoms with E-state index in [1.54, 1.807) is 24.3 Å². The molecular formula is C13H7BrCl2N2O2. The number of aromatic nitrogens is 1. The first-order chi connectivity index (χ1) is 9.59. The predicted octanol–water partition coefficient (Wildman–Crippen LogP) is 5.25. The fourth-order valence-corrected chi connectivity index (χ4v) is 2.94. The van der Waals surface area contributed by atoms with Crippen LogP contribution in [-0.2, 0) is 0 Å². The van der Waals surface area contributed by atoms with Crippen molar-refractivity contribution in [3.05, 3.63) is 45.2 Å². The predicted molar refractivity (Wildman–Crippen MR) is 81.8 cm³/mol. The Morgan fingerprint density at radius 2 is 1.80 bits per heavy atom. The summed E-state index contributed by atoms with van der Waals surface area (Å²) in [4.78, 5) is 0. The van der Waals surface area contributed by atoms with Crippen LogP contribution in [0.1, 0.15) is 0 Å². The molecule has 3 rings (SSSR count). The van der Waals surface area contributed by atoms with Crippen LogP contribution in [0.3, 0.4) is 0 Å². The number of nitrogens with two attached hydrogens (primary N) is 1. The average Bonchev–Trinajstić information content (AvgIpc) is 2.97. The molecular weight excluding hydrogens is 367 g/mol. The van der Waals surface area contributed by atoms with Crippen LogP contribution in [0.15, 0.2) is 44.1 Å². The number of nitrogens with zero attached hydrogens (tertiary/aromatic N) is 1. The van der Waals surface area contributed by atoms with Crippen molar-refractivity contribution in [1.82, 2.24) is 5.16 Å². The molecule has 3 aromatic rings. The molecule has 1 aromatic carbocycles. The maximum atomic E-state index is 6.22. The van der Waals surface area contributed by atoms with E-state index < -0.39 is 0 Å². The first kappa shape index (κ1) is 13.5. The molecule has 20 heavy (non-hydrogen) atoms. The van der Waals surface area contributed by atoms with Crippen LogP contribution in [0.2, 0.25) is 10.0 Å². The summed E-state index contributed by atoms with van der Waals surface area (Å²) in [5.74, 6) is 0.142. The Bertz CT molecular complexity index is 762. The molecule has 2 N–H and O–H groups in total. The third-order valence-electron chi connectivity index (χ3n) is 2.80. The van der Waals surface area contributed by atoms with Gasteiger partial charge in [0.15, 0.2) is 4.67 Å². The highest BCUT2D eigenvalue weighted by Gasteiger charge is 2.24. The van der Waals surface area contributed by atoms with Gasteiger partial charge >= 0.3 is 0 Å². The second-order valence-corrected chi connectivity index (χ2v) is 5.51. The van der Waals surface area contributed by atoms with E-state index in [1.165, 1.54) is 6.26 Å². The van der Waals surface area contributed by atoms with E-state index in [4.69, 9.17) is 37.9 Å². The van der Waals surface area contributed by atoms with Gasteiger partial charge in [0.2, 0.25) is 5.88 Å². The molecule has 0 amide bonds. The molecule has 0 fully saturated rings. The summed E-state index contributed by atoms with van der Waals surface area (Å²) in [5, 5.41) is 4.90. The molecule has 0 aliphatic rings. The van der Waals surface area contributed by atoms with E-state index in [0.717, 1.165) is 0 Å². The molecule has 0 saturated carbocycles. The molecule has 0 atom stereocenters. The Morgan fingerprint density at radius 3 is 2.40 bits per heavy atom. The molecule has 0 unspecified atom stereocenters. The highest BCUT2D eigenvalue weighted by Crippen LogP contribution is 2.44. The molecule has 2 aromatic heterocycles. The van der Waals surface area contributed by atoms with Gasteiger partial charge in [0.05, 0.1) is 27.4 Å². The van der Waals surface area contributed by atoms with Crippen molar-refractivity contribution < 1.29 is 8.94 Å². The number of benzene rings is 1. The van der Waals surface area contributed by atoms with E-state index in [-0.39, 0.29) is 5.88 Å². The van der Waals surface area contributed by atoms with Crippen molar-refractivity contribution in [3.63, 3.8) is 0 Å². The quantitative estimate of drug-likeness (QED) is 0.665. The second-order valence-electron chi connectivity index (χ2n) is 3.98. The maximum absolute atomic E-state index is 6.22. The lowest BCUT2D eigenvalue weighted by Crippen LogP contribution is -1.89. The van der Waals surface area contributed by atoms with Crippen LogP contribution in [-0.4, -0.2) is 5.16 Å². The smallest absolute Gasteiger partial charge is 0.230 e. The summed E-state index contributed by atoms with van der Waals surface area (Å²) in [6.45, 7) is 0. The van der Waals surface area contributed by atoms with Crippen LogP contribution in [0.25, 0.3) is 22.4 Å². The second kappa shape index (κ2) is 5.16. The number of hydrogen-bond acceptors (Lipinski definition) is 4.